The molecule has 9 heteroatoms. The zero-order chi connectivity index (χ0) is 14.9. The van der Waals surface area contributed by atoms with Crippen molar-refractivity contribution in [2.24, 2.45) is 11.7 Å². The Kier molecular flexibility index (Phi) is 4.53. The number of halogens is 2. The molecule has 1 amide bonds. The third-order valence-electron chi connectivity index (χ3n) is 3.20. The molecule has 1 aromatic rings. The maximum atomic E-state index is 12.5. The van der Waals surface area contributed by atoms with Gasteiger partial charge in [-0.15, -0.1) is 0 Å². The molecule has 1 aromatic heterocycles. The molecule has 110 valence electrons. The number of nitrogens with two attached hydrogens (primary N) is 1. The zero-order valence-corrected chi connectivity index (χ0v) is 12.7. The number of carbonyl (C=O) groups is 1. The Labute approximate surface area is 126 Å². The molecule has 0 spiro atoms. The number of piperidine rings is 1. The van der Waals surface area contributed by atoms with E-state index in [1.807, 2.05) is 0 Å². The minimum Gasteiger partial charge on any atom is -0.369 e. The minimum absolute atomic E-state index is 0.0410. The lowest BCUT2D eigenvalue weighted by Crippen LogP contribution is -2.44. The van der Waals surface area contributed by atoms with E-state index in [0.717, 1.165) is 6.20 Å². The lowest BCUT2D eigenvalue weighted by Gasteiger charge is -2.30. The monoisotopic (exact) mass is 337 g/mol. The second-order valence-electron chi connectivity index (χ2n) is 4.55. The summed E-state index contributed by atoms with van der Waals surface area (Å²) in [6.07, 6.45) is 2.33. The molecule has 0 radical (unpaired) electrons. The molecule has 2 heterocycles. The summed E-state index contributed by atoms with van der Waals surface area (Å²) < 4.78 is 26.1. The molecule has 6 nitrogen and oxygen atoms in total. The third-order valence-corrected chi connectivity index (χ3v) is 5.71. The smallest absolute Gasteiger partial charge is 0.244 e. The van der Waals surface area contributed by atoms with E-state index in [1.54, 1.807) is 0 Å². The number of rotatable bonds is 3. The van der Waals surface area contributed by atoms with Crippen LogP contribution < -0.4 is 5.73 Å². The van der Waals surface area contributed by atoms with Crippen molar-refractivity contribution in [2.75, 3.05) is 13.1 Å². The van der Waals surface area contributed by atoms with Crippen molar-refractivity contribution >= 4 is 39.1 Å². The highest BCUT2D eigenvalue weighted by molar-refractivity contribution is 7.89. The van der Waals surface area contributed by atoms with Crippen LogP contribution in [0.3, 0.4) is 0 Å². The first kappa shape index (κ1) is 15.5. The highest BCUT2D eigenvalue weighted by Gasteiger charge is 2.32. The molecule has 2 rings (SSSR count). The SMILES string of the molecule is NC(=O)C1CCCN(S(=O)(=O)c2cnc(Cl)c(Cl)c2)C1. The Morgan fingerprint density at radius 1 is 1.45 bits per heavy atom. The number of primary amides is 1. The summed E-state index contributed by atoms with van der Waals surface area (Å²) in [4.78, 5) is 14.9. The number of aromatic nitrogens is 1. The summed E-state index contributed by atoms with van der Waals surface area (Å²) in [5, 5.41) is 0.107. The van der Waals surface area contributed by atoms with Crippen LogP contribution in [0.4, 0.5) is 0 Å². The second-order valence-corrected chi connectivity index (χ2v) is 7.25. The molecule has 1 fully saturated rings. The summed E-state index contributed by atoms with van der Waals surface area (Å²) in [5.74, 6) is -0.952. The number of pyridine rings is 1. The van der Waals surface area contributed by atoms with Crippen molar-refractivity contribution < 1.29 is 13.2 Å². The molecule has 0 aliphatic carbocycles. The summed E-state index contributed by atoms with van der Waals surface area (Å²) in [7, 11) is -3.75. The van der Waals surface area contributed by atoms with E-state index in [1.165, 1.54) is 10.4 Å². The molecule has 2 N–H and O–H groups in total. The predicted octanol–water partition coefficient (Wildman–Crippen LogP) is 1.27. The standard InChI is InChI=1S/C11H13Cl2N3O3S/c12-9-4-8(5-15-10(9)13)20(18,19)16-3-1-2-7(6-16)11(14)17/h4-5,7H,1-3,6H2,(H2,14,17). The molecule has 1 saturated heterocycles. The molecule has 0 saturated carbocycles. The number of nitrogens with zero attached hydrogens (tertiary/aromatic N) is 2. The van der Waals surface area contributed by atoms with E-state index in [4.69, 9.17) is 28.9 Å². The van der Waals surface area contributed by atoms with Gasteiger partial charge in [-0.25, -0.2) is 13.4 Å². The Morgan fingerprint density at radius 2 is 2.15 bits per heavy atom. The lowest BCUT2D eigenvalue weighted by molar-refractivity contribution is -0.122. The summed E-state index contributed by atoms with van der Waals surface area (Å²) in [5.41, 5.74) is 5.24. The number of amides is 1. The highest BCUT2D eigenvalue weighted by Crippen LogP contribution is 2.27. The van der Waals surface area contributed by atoms with Crippen LogP contribution in [0, 0.1) is 5.92 Å². The van der Waals surface area contributed by atoms with Gasteiger partial charge in [0, 0.05) is 19.3 Å². The van der Waals surface area contributed by atoms with Gasteiger partial charge in [-0.2, -0.15) is 4.31 Å². The van der Waals surface area contributed by atoms with Gasteiger partial charge in [0.05, 0.1) is 10.9 Å². The molecule has 1 atom stereocenters. The molecule has 20 heavy (non-hydrogen) atoms. The van der Waals surface area contributed by atoms with E-state index >= 15 is 0 Å². The fraction of sp³-hybridized carbons (Fsp3) is 0.455. The Morgan fingerprint density at radius 3 is 2.75 bits per heavy atom. The summed E-state index contributed by atoms with van der Waals surface area (Å²) >= 11 is 11.5. The van der Waals surface area contributed by atoms with E-state index in [0.29, 0.717) is 19.4 Å². The number of sulfonamides is 1. The molecular formula is C11H13Cl2N3O3S. The molecule has 1 aliphatic rings. The molecule has 1 aliphatic heterocycles. The van der Waals surface area contributed by atoms with Crippen molar-refractivity contribution in [1.29, 1.82) is 0 Å². The van der Waals surface area contributed by atoms with Crippen molar-refractivity contribution in [3.8, 4) is 0 Å². The van der Waals surface area contributed by atoms with Crippen LogP contribution in [-0.2, 0) is 14.8 Å². The van der Waals surface area contributed by atoms with Crippen LogP contribution in [0.25, 0.3) is 0 Å². The highest BCUT2D eigenvalue weighted by atomic mass is 35.5. The molecule has 0 bridgehead atoms. The van der Waals surface area contributed by atoms with Crippen LogP contribution in [0.1, 0.15) is 12.8 Å². The van der Waals surface area contributed by atoms with Crippen LogP contribution >= 0.6 is 23.2 Å². The topological polar surface area (TPSA) is 93.4 Å². The Hall–Kier alpha value is -0.890. The van der Waals surface area contributed by atoms with Gasteiger partial charge in [0.2, 0.25) is 15.9 Å². The van der Waals surface area contributed by atoms with Gasteiger partial charge in [-0.3, -0.25) is 4.79 Å². The van der Waals surface area contributed by atoms with Gasteiger partial charge in [0.25, 0.3) is 0 Å². The fourth-order valence-corrected chi connectivity index (χ4v) is 3.92. The number of hydrogen-bond donors (Lipinski definition) is 1. The van der Waals surface area contributed by atoms with Crippen LogP contribution in [0.15, 0.2) is 17.2 Å². The van der Waals surface area contributed by atoms with Gasteiger partial charge < -0.3 is 5.73 Å². The van der Waals surface area contributed by atoms with Gasteiger partial charge in [-0.1, -0.05) is 23.2 Å². The summed E-state index contributed by atoms with van der Waals surface area (Å²) in [6.45, 7) is 0.421. The first-order valence-corrected chi connectivity index (χ1v) is 8.12. The largest absolute Gasteiger partial charge is 0.369 e. The first-order valence-electron chi connectivity index (χ1n) is 5.93. The van der Waals surface area contributed by atoms with Gasteiger partial charge in [0.15, 0.2) is 0 Å². The molecule has 1 unspecified atom stereocenters. The van der Waals surface area contributed by atoms with Gasteiger partial charge >= 0.3 is 0 Å². The van der Waals surface area contributed by atoms with E-state index < -0.39 is 21.8 Å². The van der Waals surface area contributed by atoms with Crippen LogP contribution in [-0.4, -0.2) is 36.7 Å². The number of hydrogen-bond acceptors (Lipinski definition) is 4. The second kappa shape index (κ2) is 5.85. The van der Waals surface area contributed by atoms with Gasteiger partial charge in [-0.05, 0) is 18.9 Å². The van der Waals surface area contributed by atoms with Crippen LogP contribution in [0.2, 0.25) is 10.2 Å². The normalized spacial score (nSPS) is 20.8. The Bertz CT molecular complexity index is 636. The average molecular weight is 338 g/mol. The lowest BCUT2D eigenvalue weighted by atomic mass is 9.99. The number of carbonyl (C=O) groups excluding carboxylic acids is 1. The zero-order valence-electron chi connectivity index (χ0n) is 10.4. The maximum absolute atomic E-state index is 12.5. The minimum atomic E-state index is -3.75. The van der Waals surface area contributed by atoms with Crippen molar-refractivity contribution in [3.63, 3.8) is 0 Å². The van der Waals surface area contributed by atoms with Crippen molar-refractivity contribution in [1.82, 2.24) is 9.29 Å². The maximum Gasteiger partial charge on any atom is 0.244 e. The average Bonchev–Trinajstić information content (AvgIpc) is 2.42. The Balaban J connectivity index is 2.29. The first-order chi connectivity index (χ1) is 9.32. The quantitative estimate of drug-likeness (QED) is 0.840. The summed E-state index contributed by atoms with van der Waals surface area (Å²) in [6, 6.07) is 1.25. The molecular weight excluding hydrogens is 325 g/mol. The van der Waals surface area contributed by atoms with Gasteiger partial charge in [0.1, 0.15) is 10.0 Å². The van der Waals surface area contributed by atoms with Crippen LogP contribution in [0.5, 0.6) is 0 Å². The third kappa shape index (κ3) is 3.06. The van der Waals surface area contributed by atoms with Crippen molar-refractivity contribution in [2.45, 2.75) is 17.7 Å². The van der Waals surface area contributed by atoms with E-state index in [2.05, 4.69) is 4.98 Å². The van der Waals surface area contributed by atoms with E-state index in [-0.39, 0.29) is 21.6 Å². The van der Waals surface area contributed by atoms with Crippen molar-refractivity contribution in [3.05, 3.63) is 22.4 Å². The predicted molar refractivity (Wildman–Crippen MR) is 74.9 cm³/mol. The van der Waals surface area contributed by atoms with E-state index in [9.17, 15) is 13.2 Å². The fourth-order valence-electron chi connectivity index (χ4n) is 2.09. The molecule has 0 aromatic carbocycles.